The first-order valence-corrected chi connectivity index (χ1v) is 4.93. The SMILES string of the molecule is C[C@@](N)(Cc1ccc2nc[nH]c2c1)C(=O)O. The number of nitrogens with two attached hydrogens (primary N) is 1. The molecule has 0 bridgehead atoms. The van der Waals surface area contributed by atoms with Crippen LogP contribution in [0, 0.1) is 0 Å². The average molecular weight is 219 g/mol. The molecular formula is C11H13N3O2. The van der Waals surface area contributed by atoms with Crippen molar-refractivity contribution in [3.63, 3.8) is 0 Å². The van der Waals surface area contributed by atoms with E-state index in [2.05, 4.69) is 9.97 Å². The number of hydrogen-bond acceptors (Lipinski definition) is 3. The van der Waals surface area contributed by atoms with E-state index in [0.29, 0.717) is 0 Å². The number of fused-ring (bicyclic) bond motifs is 1. The fourth-order valence-corrected chi connectivity index (χ4v) is 1.59. The van der Waals surface area contributed by atoms with Crippen LogP contribution in [-0.2, 0) is 11.2 Å². The number of H-pyrrole nitrogens is 1. The van der Waals surface area contributed by atoms with E-state index in [1.165, 1.54) is 6.92 Å². The molecule has 0 amide bonds. The van der Waals surface area contributed by atoms with Gasteiger partial charge in [0.25, 0.3) is 0 Å². The van der Waals surface area contributed by atoms with Crippen LogP contribution in [0.3, 0.4) is 0 Å². The van der Waals surface area contributed by atoms with E-state index in [1.54, 1.807) is 6.33 Å². The van der Waals surface area contributed by atoms with Crippen molar-refractivity contribution in [3.05, 3.63) is 30.1 Å². The molecule has 0 saturated carbocycles. The van der Waals surface area contributed by atoms with Crippen LogP contribution in [-0.4, -0.2) is 26.6 Å². The molecule has 1 aromatic carbocycles. The highest BCUT2D eigenvalue weighted by molar-refractivity contribution is 5.79. The molecule has 0 aliphatic rings. The maximum atomic E-state index is 10.9. The fraction of sp³-hybridized carbons (Fsp3) is 0.273. The number of carboxylic acids is 1. The lowest BCUT2D eigenvalue weighted by molar-refractivity contribution is -0.142. The molecule has 5 nitrogen and oxygen atoms in total. The summed E-state index contributed by atoms with van der Waals surface area (Å²) in [7, 11) is 0. The van der Waals surface area contributed by atoms with Crippen molar-refractivity contribution in [2.45, 2.75) is 18.9 Å². The molecule has 0 saturated heterocycles. The van der Waals surface area contributed by atoms with Crippen molar-refractivity contribution in [2.75, 3.05) is 0 Å². The number of benzene rings is 1. The number of aliphatic carboxylic acids is 1. The van der Waals surface area contributed by atoms with Gasteiger partial charge in [0.1, 0.15) is 5.54 Å². The summed E-state index contributed by atoms with van der Waals surface area (Å²) in [5, 5.41) is 8.93. The Kier molecular flexibility index (Phi) is 2.40. The van der Waals surface area contributed by atoms with Crippen LogP contribution >= 0.6 is 0 Å². The van der Waals surface area contributed by atoms with Gasteiger partial charge >= 0.3 is 5.97 Å². The minimum absolute atomic E-state index is 0.289. The fourth-order valence-electron chi connectivity index (χ4n) is 1.59. The van der Waals surface area contributed by atoms with Crippen molar-refractivity contribution >= 4 is 17.0 Å². The van der Waals surface area contributed by atoms with Crippen molar-refractivity contribution in [2.24, 2.45) is 5.73 Å². The van der Waals surface area contributed by atoms with Gasteiger partial charge in [-0.05, 0) is 24.6 Å². The molecule has 0 aliphatic heterocycles. The summed E-state index contributed by atoms with van der Waals surface area (Å²) >= 11 is 0. The first-order valence-electron chi connectivity index (χ1n) is 4.93. The number of aromatic amines is 1. The van der Waals surface area contributed by atoms with Gasteiger partial charge in [0, 0.05) is 6.42 Å². The summed E-state index contributed by atoms with van der Waals surface area (Å²) in [5.74, 6) is -1.00. The van der Waals surface area contributed by atoms with Gasteiger partial charge in [-0.1, -0.05) is 6.07 Å². The molecule has 5 heteroatoms. The van der Waals surface area contributed by atoms with E-state index in [1.807, 2.05) is 18.2 Å². The number of hydrogen-bond donors (Lipinski definition) is 3. The van der Waals surface area contributed by atoms with Crippen LogP contribution in [0.15, 0.2) is 24.5 Å². The Hall–Kier alpha value is -1.88. The molecule has 84 valence electrons. The molecule has 0 radical (unpaired) electrons. The van der Waals surface area contributed by atoms with Gasteiger partial charge in [0.05, 0.1) is 17.4 Å². The topological polar surface area (TPSA) is 92.0 Å². The van der Waals surface area contributed by atoms with Gasteiger partial charge in [-0.3, -0.25) is 4.79 Å². The monoisotopic (exact) mass is 219 g/mol. The molecule has 0 fully saturated rings. The molecule has 16 heavy (non-hydrogen) atoms. The average Bonchev–Trinajstić information content (AvgIpc) is 2.63. The molecule has 0 unspecified atom stereocenters. The summed E-state index contributed by atoms with van der Waals surface area (Å²) in [4.78, 5) is 18.0. The number of imidazole rings is 1. The summed E-state index contributed by atoms with van der Waals surface area (Å²) in [6, 6.07) is 5.56. The quantitative estimate of drug-likeness (QED) is 0.715. The highest BCUT2D eigenvalue weighted by Gasteiger charge is 2.28. The lowest BCUT2D eigenvalue weighted by Gasteiger charge is -2.18. The zero-order chi connectivity index (χ0) is 11.8. The van der Waals surface area contributed by atoms with Crippen LogP contribution in [0.1, 0.15) is 12.5 Å². The van der Waals surface area contributed by atoms with Gasteiger partial charge in [-0.25, -0.2) is 4.98 Å². The maximum absolute atomic E-state index is 10.9. The first-order chi connectivity index (χ1) is 7.49. The maximum Gasteiger partial charge on any atom is 0.323 e. The van der Waals surface area contributed by atoms with Crippen LogP contribution in [0.4, 0.5) is 0 Å². The third kappa shape index (κ3) is 1.90. The van der Waals surface area contributed by atoms with E-state index in [4.69, 9.17) is 10.8 Å². The minimum atomic E-state index is -1.24. The molecule has 1 aromatic heterocycles. The van der Waals surface area contributed by atoms with Crippen LogP contribution in [0.25, 0.3) is 11.0 Å². The van der Waals surface area contributed by atoms with Crippen molar-refractivity contribution in [3.8, 4) is 0 Å². The molecule has 0 spiro atoms. The third-order valence-corrected chi connectivity index (χ3v) is 2.54. The lowest BCUT2D eigenvalue weighted by atomic mass is 9.94. The number of aromatic nitrogens is 2. The minimum Gasteiger partial charge on any atom is -0.480 e. The molecule has 2 aromatic rings. The molecule has 4 N–H and O–H groups in total. The zero-order valence-electron chi connectivity index (χ0n) is 8.90. The second kappa shape index (κ2) is 3.61. The predicted octanol–water partition coefficient (Wildman–Crippen LogP) is 0.907. The number of carboxylic acid groups (broad SMARTS) is 1. The van der Waals surface area contributed by atoms with Crippen LogP contribution < -0.4 is 5.73 Å². The highest BCUT2D eigenvalue weighted by atomic mass is 16.4. The van der Waals surface area contributed by atoms with E-state index < -0.39 is 11.5 Å². The predicted molar refractivity (Wildman–Crippen MR) is 60.0 cm³/mol. The van der Waals surface area contributed by atoms with Crippen LogP contribution in [0.5, 0.6) is 0 Å². The van der Waals surface area contributed by atoms with E-state index >= 15 is 0 Å². The first kappa shape index (κ1) is 10.6. The van der Waals surface area contributed by atoms with Gasteiger partial charge < -0.3 is 15.8 Å². The third-order valence-electron chi connectivity index (χ3n) is 2.54. The van der Waals surface area contributed by atoms with Gasteiger partial charge in [0.15, 0.2) is 0 Å². The molecule has 2 rings (SSSR count). The number of rotatable bonds is 3. The largest absolute Gasteiger partial charge is 0.480 e. The lowest BCUT2D eigenvalue weighted by Crippen LogP contribution is -2.46. The summed E-state index contributed by atoms with van der Waals surface area (Å²) in [6.45, 7) is 1.51. The van der Waals surface area contributed by atoms with Crippen LogP contribution in [0.2, 0.25) is 0 Å². The molecule has 1 heterocycles. The Morgan fingerprint density at radius 1 is 1.62 bits per heavy atom. The molecule has 0 aliphatic carbocycles. The van der Waals surface area contributed by atoms with Crippen molar-refractivity contribution in [1.29, 1.82) is 0 Å². The van der Waals surface area contributed by atoms with E-state index in [0.717, 1.165) is 16.6 Å². The second-order valence-corrected chi connectivity index (χ2v) is 4.15. The molecule has 1 atom stereocenters. The smallest absolute Gasteiger partial charge is 0.323 e. The molecular weight excluding hydrogens is 206 g/mol. The Balaban J connectivity index is 2.30. The Morgan fingerprint density at radius 2 is 2.38 bits per heavy atom. The summed E-state index contributed by atoms with van der Waals surface area (Å²) in [5.41, 5.74) is 7.07. The summed E-state index contributed by atoms with van der Waals surface area (Å²) < 4.78 is 0. The van der Waals surface area contributed by atoms with Crippen molar-refractivity contribution in [1.82, 2.24) is 9.97 Å². The highest BCUT2D eigenvalue weighted by Crippen LogP contribution is 2.16. The Labute approximate surface area is 92.3 Å². The number of carbonyl (C=O) groups is 1. The number of nitrogens with zero attached hydrogens (tertiary/aromatic N) is 1. The Bertz CT molecular complexity index is 531. The standard InChI is InChI=1S/C11H13N3O2/c1-11(12,10(15)16)5-7-2-3-8-9(4-7)14-6-13-8/h2-4,6H,5,12H2,1H3,(H,13,14)(H,15,16)/t11-/m1/s1. The number of nitrogens with one attached hydrogen (secondary N) is 1. The normalized spacial score (nSPS) is 14.9. The summed E-state index contributed by atoms with van der Waals surface area (Å²) in [6.07, 6.45) is 1.89. The second-order valence-electron chi connectivity index (χ2n) is 4.15. The van der Waals surface area contributed by atoms with Crippen molar-refractivity contribution < 1.29 is 9.90 Å². The van der Waals surface area contributed by atoms with Gasteiger partial charge in [-0.2, -0.15) is 0 Å². The van der Waals surface area contributed by atoms with E-state index in [-0.39, 0.29) is 6.42 Å². The van der Waals surface area contributed by atoms with Gasteiger partial charge in [-0.15, -0.1) is 0 Å². The zero-order valence-corrected chi connectivity index (χ0v) is 8.90. The Morgan fingerprint density at radius 3 is 3.06 bits per heavy atom. The van der Waals surface area contributed by atoms with E-state index in [9.17, 15) is 4.79 Å². The van der Waals surface area contributed by atoms with Gasteiger partial charge in [0.2, 0.25) is 0 Å².